The van der Waals surface area contributed by atoms with Crippen molar-refractivity contribution in [1.82, 2.24) is 20.3 Å². The number of hydrazine groups is 1. The number of nitrogens with zero attached hydrogens (tertiary/aromatic N) is 2. The lowest BCUT2D eigenvalue weighted by Gasteiger charge is -2.06. The van der Waals surface area contributed by atoms with Crippen molar-refractivity contribution in [2.45, 2.75) is 6.42 Å². The highest BCUT2D eigenvalue weighted by molar-refractivity contribution is 6.29. The molecule has 7 nitrogen and oxygen atoms in total. The monoisotopic (exact) mass is 280 g/mol. The minimum Gasteiger partial charge on any atom is -0.352 e. The van der Waals surface area contributed by atoms with Crippen LogP contribution in [0.2, 0.25) is 5.15 Å². The molecule has 5 N–H and O–H groups in total. The third-order valence-corrected chi connectivity index (χ3v) is 2.60. The SMILES string of the molecule is NNc1cc(C(=O)NCCc2ncc[nH]2)cc(Cl)n1. The minimum atomic E-state index is -0.243. The summed E-state index contributed by atoms with van der Waals surface area (Å²) in [5, 5.41) is 2.96. The second kappa shape index (κ2) is 6.17. The van der Waals surface area contributed by atoms with Crippen molar-refractivity contribution in [1.29, 1.82) is 0 Å². The van der Waals surface area contributed by atoms with Gasteiger partial charge in [0.15, 0.2) is 0 Å². The number of amides is 1. The van der Waals surface area contributed by atoms with Crippen molar-refractivity contribution in [3.05, 3.63) is 41.1 Å². The third-order valence-electron chi connectivity index (χ3n) is 2.41. The summed E-state index contributed by atoms with van der Waals surface area (Å²) in [6.45, 7) is 0.470. The highest BCUT2D eigenvalue weighted by Gasteiger charge is 2.08. The van der Waals surface area contributed by atoms with Gasteiger partial charge in [0.2, 0.25) is 0 Å². The van der Waals surface area contributed by atoms with Gasteiger partial charge in [-0.15, -0.1) is 0 Å². The van der Waals surface area contributed by atoms with E-state index in [9.17, 15) is 4.79 Å². The van der Waals surface area contributed by atoms with E-state index in [1.165, 1.54) is 12.1 Å². The lowest BCUT2D eigenvalue weighted by Crippen LogP contribution is -2.26. The first-order valence-corrected chi connectivity index (χ1v) is 5.97. The zero-order valence-electron chi connectivity index (χ0n) is 9.98. The summed E-state index contributed by atoms with van der Waals surface area (Å²) >= 11 is 5.79. The first kappa shape index (κ1) is 13.3. The van der Waals surface area contributed by atoms with E-state index in [0.29, 0.717) is 24.3 Å². The van der Waals surface area contributed by atoms with Gasteiger partial charge in [-0.05, 0) is 12.1 Å². The fourth-order valence-corrected chi connectivity index (χ4v) is 1.74. The van der Waals surface area contributed by atoms with Gasteiger partial charge in [-0.3, -0.25) is 4.79 Å². The summed E-state index contributed by atoms with van der Waals surface area (Å²) < 4.78 is 0. The molecule has 0 aromatic carbocycles. The number of H-pyrrole nitrogens is 1. The van der Waals surface area contributed by atoms with Crippen LogP contribution in [0.5, 0.6) is 0 Å². The molecular formula is C11H13ClN6O. The fraction of sp³-hybridized carbons (Fsp3) is 0.182. The number of nitrogens with two attached hydrogens (primary N) is 1. The maximum atomic E-state index is 11.9. The molecule has 19 heavy (non-hydrogen) atoms. The summed E-state index contributed by atoms with van der Waals surface area (Å²) in [4.78, 5) is 22.8. The van der Waals surface area contributed by atoms with Gasteiger partial charge in [-0.2, -0.15) is 0 Å². The number of anilines is 1. The van der Waals surface area contributed by atoms with Crippen LogP contribution in [-0.2, 0) is 6.42 Å². The van der Waals surface area contributed by atoms with Crippen LogP contribution in [0.25, 0.3) is 0 Å². The van der Waals surface area contributed by atoms with Gasteiger partial charge < -0.3 is 15.7 Å². The van der Waals surface area contributed by atoms with Crippen LogP contribution < -0.4 is 16.6 Å². The molecule has 0 spiro atoms. The molecule has 0 saturated heterocycles. The van der Waals surface area contributed by atoms with Crippen LogP contribution in [0.3, 0.4) is 0 Å². The molecule has 0 fully saturated rings. The van der Waals surface area contributed by atoms with Crippen molar-refractivity contribution in [3.8, 4) is 0 Å². The lowest BCUT2D eigenvalue weighted by molar-refractivity contribution is 0.0954. The molecule has 0 unspecified atom stereocenters. The van der Waals surface area contributed by atoms with Crippen LogP contribution in [0.15, 0.2) is 24.5 Å². The maximum Gasteiger partial charge on any atom is 0.251 e. The van der Waals surface area contributed by atoms with Gasteiger partial charge in [0, 0.05) is 30.9 Å². The molecule has 0 radical (unpaired) electrons. The molecule has 1 amide bonds. The van der Waals surface area contributed by atoms with Crippen LogP contribution in [0, 0.1) is 0 Å². The van der Waals surface area contributed by atoms with Gasteiger partial charge in [0.1, 0.15) is 16.8 Å². The number of carbonyl (C=O) groups excluding carboxylic acids is 1. The largest absolute Gasteiger partial charge is 0.352 e. The number of aromatic amines is 1. The van der Waals surface area contributed by atoms with Crippen LogP contribution in [-0.4, -0.2) is 27.4 Å². The second-order valence-corrected chi connectivity index (χ2v) is 4.14. The normalized spacial score (nSPS) is 10.2. The molecule has 0 bridgehead atoms. The Morgan fingerprint density at radius 2 is 2.32 bits per heavy atom. The first-order valence-electron chi connectivity index (χ1n) is 5.59. The van der Waals surface area contributed by atoms with Crippen molar-refractivity contribution in [3.63, 3.8) is 0 Å². The molecule has 0 aliphatic carbocycles. The number of rotatable bonds is 5. The third kappa shape index (κ3) is 3.67. The fourth-order valence-electron chi connectivity index (χ4n) is 1.53. The molecule has 0 aliphatic heterocycles. The maximum absolute atomic E-state index is 11.9. The number of carbonyl (C=O) groups is 1. The van der Waals surface area contributed by atoms with Gasteiger partial charge in [0.25, 0.3) is 5.91 Å². The number of nitrogens with one attached hydrogen (secondary N) is 3. The Morgan fingerprint density at radius 1 is 1.47 bits per heavy atom. The Hall–Kier alpha value is -2.12. The Bertz CT molecular complexity index is 556. The van der Waals surface area contributed by atoms with Gasteiger partial charge >= 0.3 is 0 Å². The van der Waals surface area contributed by atoms with Gasteiger partial charge in [0.05, 0.1) is 0 Å². The molecule has 0 saturated carbocycles. The summed E-state index contributed by atoms with van der Waals surface area (Å²) in [5.74, 6) is 6.15. The first-order chi connectivity index (χ1) is 9.19. The Kier molecular flexibility index (Phi) is 4.32. The smallest absolute Gasteiger partial charge is 0.251 e. The predicted octanol–water partition coefficient (Wildman–Crippen LogP) is 0.716. The van der Waals surface area contributed by atoms with Crippen molar-refractivity contribution >= 4 is 23.3 Å². The van der Waals surface area contributed by atoms with E-state index >= 15 is 0 Å². The molecule has 2 aromatic rings. The minimum absolute atomic E-state index is 0.201. The number of aromatic nitrogens is 3. The Balaban J connectivity index is 1.94. The summed E-state index contributed by atoms with van der Waals surface area (Å²) in [7, 11) is 0. The zero-order chi connectivity index (χ0) is 13.7. The van der Waals surface area contributed by atoms with Crippen molar-refractivity contribution < 1.29 is 4.79 Å². The lowest BCUT2D eigenvalue weighted by atomic mass is 10.2. The topological polar surface area (TPSA) is 109 Å². The van der Waals surface area contributed by atoms with Gasteiger partial charge in [-0.25, -0.2) is 15.8 Å². The van der Waals surface area contributed by atoms with E-state index in [4.69, 9.17) is 17.4 Å². The van der Waals surface area contributed by atoms with Crippen molar-refractivity contribution in [2.75, 3.05) is 12.0 Å². The van der Waals surface area contributed by atoms with Crippen molar-refractivity contribution in [2.24, 2.45) is 5.84 Å². The number of nitrogen functional groups attached to an aromatic ring is 1. The molecule has 0 aliphatic rings. The number of imidazole rings is 1. The molecule has 100 valence electrons. The number of hydrogen-bond acceptors (Lipinski definition) is 5. The van der Waals surface area contributed by atoms with E-state index in [1.54, 1.807) is 12.4 Å². The summed E-state index contributed by atoms with van der Waals surface area (Å²) in [6, 6.07) is 3.00. The summed E-state index contributed by atoms with van der Waals surface area (Å²) in [6.07, 6.45) is 4.03. The number of halogens is 1. The molecule has 0 atom stereocenters. The zero-order valence-corrected chi connectivity index (χ0v) is 10.7. The van der Waals surface area contributed by atoms with E-state index in [-0.39, 0.29) is 11.1 Å². The van der Waals surface area contributed by atoms with Crippen LogP contribution in [0.4, 0.5) is 5.82 Å². The average molecular weight is 281 g/mol. The van der Waals surface area contributed by atoms with Crippen LogP contribution in [0.1, 0.15) is 16.2 Å². The Labute approximate surface area is 114 Å². The average Bonchev–Trinajstić information content (AvgIpc) is 2.91. The molecular weight excluding hydrogens is 268 g/mol. The second-order valence-electron chi connectivity index (χ2n) is 3.75. The highest BCUT2D eigenvalue weighted by Crippen LogP contribution is 2.13. The molecule has 2 rings (SSSR count). The van der Waals surface area contributed by atoms with Crippen LogP contribution >= 0.6 is 11.6 Å². The van der Waals surface area contributed by atoms with E-state index in [0.717, 1.165) is 5.82 Å². The molecule has 2 heterocycles. The summed E-state index contributed by atoms with van der Waals surface area (Å²) in [5.41, 5.74) is 2.75. The highest BCUT2D eigenvalue weighted by atomic mass is 35.5. The standard InChI is InChI=1S/C11H13ClN6O/c12-8-5-7(6-10(17-8)18-13)11(19)16-2-1-9-14-3-4-15-9/h3-6H,1-2,13H2,(H,14,15)(H,16,19)(H,17,18). The predicted molar refractivity (Wildman–Crippen MR) is 71.7 cm³/mol. The molecule has 8 heteroatoms. The Morgan fingerprint density at radius 3 is 3.00 bits per heavy atom. The quantitative estimate of drug-likeness (QED) is 0.366. The molecule has 2 aromatic heterocycles. The van der Waals surface area contributed by atoms with Gasteiger partial charge in [-0.1, -0.05) is 11.6 Å². The van der Waals surface area contributed by atoms with E-state index in [1.807, 2.05) is 0 Å². The van der Waals surface area contributed by atoms with E-state index in [2.05, 4.69) is 25.7 Å². The van der Waals surface area contributed by atoms with E-state index < -0.39 is 0 Å². The number of pyridine rings is 1. The number of hydrogen-bond donors (Lipinski definition) is 4.